The molecule has 0 unspecified atom stereocenters. The Morgan fingerprint density at radius 1 is 1.10 bits per heavy atom. The van der Waals surface area contributed by atoms with Crippen LogP contribution in [0.2, 0.25) is 5.02 Å². The van der Waals surface area contributed by atoms with E-state index in [0.29, 0.717) is 11.8 Å². The van der Waals surface area contributed by atoms with E-state index in [1.165, 1.54) is 37.7 Å². The van der Waals surface area contributed by atoms with Gasteiger partial charge in [0.15, 0.2) is 0 Å². The number of halogens is 1. The van der Waals surface area contributed by atoms with Crippen molar-refractivity contribution in [2.45, 2.75) is 43.8 Å². The lowest BCUT2D eigenvalue weighted by atomic mass is 9.64. The van der Waals surface area contributed by atoms with Gasteiger partial charge >= 0.3 is 0 Å². The molecule has 0 amide bonds. The predicted molar refractivity (Wildman–Crippen MR) is 78.9 cm³/mol. The van der Waals surface area contributed by atoms with Crippen molar-refractivity contribution in [3.63, 3.8) is 0 Å². The fraction of sp³-hybridized carbons (Fsp3) is 0.647. The molecule has 2 nitrogen and oxygen atoms in total. The molecule has 4 atom stereocenters. The maximum atomic E-state index is 6.32. The van der Waals surface area contributed by atoms with Crippen LogP contribution >= 0.6 is 11.6 Å². The lowest BCUT2D eigenvalue weighted by Gasteiger charge is -2.51. The van der Waals surface area contributed by atoms with Gasteiger partial charge in [0.05, 0.1) is 18.3 Å². The first-order valence-corrected chi connectivity index (χ1v) is 8.18. The second kappa shape index (κ2) is 5.01. The topological polar surface area (TPSA) is 18.5 Å². The fourth-order valence-electron chi connectivity index (χ4n) is 4.58. The van der Waals surface area contributed by atoms with Crippen LogP contribution < -0.4 is 0 Å². The molecule has 2 heterocycles. The number of rotatable bonds is 1. The molecule has 108 valence electrons. The van der Waals surface area contributed by atoms with Gasteiger partial charge in [-0.25, -0.2) is 0 Å². The Kier molecular flexibility index (Phi) is 3.29. The van der Waals surface area contributed by atoms with E-state index in [-0.39, 0.29) is 11.7 Å². The Labute approximate surface area is 125 Å². The van der Waals surface area contributed by atoms with E-state index in [0.717, 1.165) is 18.2 Å². The van der Waals surface area contributed by atoms with E-state index in [1.54, 1.807) is 0 Å². The maximum Gasteiger partial charge on any atom is 0.0880 e. The van der Waals surface area contributed by atoms with Gasteiger partial charge in [-0.05, 0) is 37.0 Å². The third-order valence-electron chi connectivity index (χ3n) is 5.53. The minimum Gasteiger partial charge on any atom is -0.374 e. The highest BCUT2D eigenvalue weighted by atomic mass is 35.5. The van der Waals surface area contributed by atoms with Crippen LogP contribution in [0, 0.1) is 11.8 Å². The summed E-state index contributed by atoms with van der Waals surface area (Å²) in [6.07, 6.45) is 6.40. The summed E-state index contributed by atoms with van der Waals surface area (Å²) in [5.74, 6) is 1.12. The first kappa shape index (κ1) is 13.1. The summed E-state index contributed by atoms with van der Waals surface area (Å²) in [5.41, 5.74) is 1.36. The van der Waals surface area contributed by atoms with Crippen molar-refractivity contribution in [3.8, 4) is 0 Å². The monoisotopic (exact) mass is 292 g/mol. The van der Waals surface area contributed by atoms with Gasteiger partial charge in [0, 0.05) is 23.5 Å². The van der Waals surface area contributed by atoms with Crippen molar-refractivity contribution in [3.05, 3.63) is 34.9 Å². The van der Waals surface area contributed by atoms with Crippen LogP contribution in [0.1, 0.15) is 43.8 Å². The van der Waals surface area contributed by atoms with Crippen molar-refractivity contribution >= 4 is 11.6 Å². The molecule has 3 heteroatoms. The molecular weight excluding hydrogens is 272 g/mol. The zero-order chi connectivity index (χ0) is 13.6. The molecule has 0 aromatic heterocycles. The van der Waals surface area contributed by atoms with Crippen molar-refractivity contribution in [1.82, 2.24) is 0 Å². The molecule has 2 aliphatic heterocycles. The molecule has 1 spiro atoms. The summed E-state index contributed by atoms with van der Waals surface area (Å²) >= 11 is 6.01. The normalized spacial score (nSPS) is 40.1. The van der Waals surface area contributed by atoms with Crippen LogP contribution in [0.4, 0.5) is 0 Å². The fourth-order valence-corrected chi connectivity index (χ4v) is 4.71. The molecule has 0 N–H and O–H groups in total. The Hall–Kier alpha value is -0.570. The number of hydrogen-bond donors (Lipinski definition) is 0. The smallest absolute Gasteiger partial charge is 0.0880 e. The van der Waals surface area contributed by atoms with Gasteiger partial charge in [0.1, 0.15) is 0 Å². The molecule has 1 aromatic carbocycles. The van der Waals surface area contributed by atoms with Crippen LogP contribution in [0.15, 0.2) is 24.3 Å². The van der Waals surface area contributed by atoms with Gasteiger partial charge in [-0.2, -0.15) is 0 Å². The maximum absolute atomic E-state index is 6.32. The summed E-state index contributed by atoms with van der Waals surface area (Å²) in [6.45, 7) is 1.77. The van der Waals surface area contributed by atoms with Crippen molar-refractivity contribution in [2.75, 3.05) is 13.2 Å². The van der Waals surface area contributed by atoms with Gasteiger partial charge in [-0.15, -0.1) is 0 Å². The van der Waals surface area contributed by atoms with Crippen LogP contribution in [0.5, 0.6) is 0 Å². The van der Waals surface area contributed by atoms with Gasteiger partial charge in [0.25, 0.3) is 0 Å². The van der Waals surface area contributed by atoms with E-state index in [9.17, 15) is 0 Å². The average Bonchev–Trinajstić information content (AvgIpc) is 2.89. The van der Waals surface area contributed by atoms with E-state index in [4.69, 9.17) is 21.1 Å². The van der Waals surface area contributed by atoms with Gasteiger partial charge in [0.2, 0.25) is 0 Å². The molecule has 20 heavy (non-hydrogen) atoms. The standard InChI is InChI=1S/C17H21ClO2/c18-14-6-4-12(5-7-14)16-15-3-1-2-9-17(15)13(11-19-16)8-10-20-17/h4-7,13,15-16H,1-3,8-11H2/t13-,15-,16-,17-/m0/s1. The summed E-state index contributed by atoms with van der Waals surface area (Å²) in [6, 6.07) is 8.17. The Bertz CT molecular complexity index is 486. The molecule has 1 aliphatic carbocycles. The Balaban J connectivity index is 1.69. The molecule has 0 radical (unpaired) electrons. The van der Waals surface area contributed by atoms with Gasteiger partial charge in [-0.1, -0.05) is 36.6 Å². The lowest BCUT2D eigenvalue weighted by Crippen LogP contribution is -2.53. The van der Waals surface area contributed by atoms with E-state index < -0.39 is 0 Å². The molecule has 3 aliphatic rings. The summed E-state index contributed by atoms with van der Waals surface area (Å²) in [7, 11) is 0. The molecular formula is C17H21ClO2. The second-order valence-corrected chi connectivity index (χ2v) is 6.88. The van der Waals surface area contributed by atoms with Crippen molar-refractivity contribution < 1.29 is 9.47 Å². The summed E-state index contributed by atoms with van der Waals surface area (Å²) in [4.78, 5) is 0. The first-order chi connectivity index (χ1) is 9.79. The summed E-state index contributed by atoms with van der Waals surface area (Å²) in [5, 5.41) is 0.790. The minimum atomic E-state index is 0.0980. The minimum absolute atomic E-state index is 0.0980. The Morgan fingerprint density at radius 2 is 1.95 bits per heavy atom. The average molecular weight is 293 g/mol. The zero-order valence-electron chi connectivity index (χ0n) is 11.7. The SMILES string of the molecule is Clc1ccc([C@@H]2OC[C@@H]3CCO[C@@]34CCCC[C@@H]24)cc1. The number of hydrogen-bond acceptors (Lipinski definition) is 2. The Morgan fingerprint density at radius 3 is 2.80 bits per heavy atom. The van der Waals surface area contributed by atoms with Gasteiger partial charge in [-0.3, -0.25) is 0 Å². The van der Waals surface area contributed by atoms with E-state index in [2.05, 4.69) is 12.1 Å². The lowest BCUT2D eigenvalue weighted by molar-refractivity contribution is -0.196. The van der Waals surface area contributed by atoms with Crippen LogP contribution in [-0.2, 0) is 9.47 Å². The quantitative estimate of drug-likeness (QED) is 0.765. The van der Waals surface area contributed by atoms with Crippen LogP contribution in [0.3, 0.4) is 0 Å². The molecule has 1 aromatic rings. The molecule has 2 saturated heterocycles. The van der Waals surface area contributed by atoms with Crippen LogP contribution in [-0.4, -0.2) is 18.8 Å². The molecule has 3 fully saturated rings. The van der Waals surface area contributed by atoms with E-state index >= 15 is 0 Å². The predicted octanol–water partition coefficient (Wildman–Crippen LogP) is 4.38. The highest BCUT2D eigenvalue weighted by Gasteiger charge is 2.56. The van der Waals surface area contributed by atoms with Crippen molar-refractivity contribution in [2.24, 2.45) is 11.8 Å². The molecule has 1 saturated carbocycles. The first-order valence-electron chi connectivity index (χ1n) is 7.81. The number of benzene rings is 1. The highest BCUT2D eigenvalue weighted by molar-refractivity contribution is 6.30. The zero-order valence-corrected chi connectivity index (χ0v) is 12.4. The third-order valence-corrected chi connectivity index (χ3v) is 5.78. The summed E-state index contributed by atoms with van der Waals surface area (Å²) < 4.78 is 12.6. The second-order valence-electron chi connectivity index (χ2n) is 6.45. The van der Waals surface area contributed by atoms with Crippen LogP contribution in [0.25, 0.3) is 0 Å². The molecule has 4 rings (SSSR count). The third kappa shape index (κ3) is 1.93. The van der Waals surface area contributed by atoms with E-state index in [1.807, 2.05) is 12.1 Å². The largest absolute Gasteiger partial charge is 0.374 e. The van der Waals surface area contributed by atoms with Gasteiger partial charge < -0.3 is 9.47 Å². The molecule has 0 bridgehead atoms. The highest BCUT2D eigenvalue weighted by Crippen LogP contribution is 2.55. The number of ether oxygens (including phenoxy) is 2. The van der Waals surface area contributed by atoms with Crippen molar-refractivity contribution in [1.29, 1.82) is 0 Å².